The molecule has 0 radical (unpaired) electrons. The highest BCUT2D eigenvalue weighted by atomic mass is 35.5. The van der Waals surface area contributed by atoms with E-state index in [4.69, 9.17) is 11.6 Å². The van der Waals surface area contributed by atoms with Gasteiger partial charge in [0.05, 0.1) is 17.1 Å². The van der Waals surface area contributed by atoms with Crippen molar-refractivity contribution in [2.75, 3.05) is 30.0 Å². The van der Waals surface area contributed by atoms with Crippen LogP contribution in [-0.2, 0) is 4.79 Å². The molecule has 0 atom stereocenters. The van der Waals surface area contributed by atoms with Crippen molar-refractivity contribution < 1.29 is 4.79 Å². The molecule has 6 heteroatoms. The number of hydrogen-bond donors (Lipinski definition) is 1. The summed E-state index contributed by atoms with van der Waals surface area (Å²) in [5, 5.41) is 5.23. The van der Waals surface area contributed by atoms with Crippen LogP contribution in [0.1, 0.15) is 12.8 Å². The van der Waals surface area contributed by atoms with Gasteiger partial charge < -0.3 is 10.2 Å². The minimum absolute atomic E-state index is 0.273. The van der Waals surface area contributed by atoms with Gasteiger partial charge in [0.2, 0.25) is 5.91 Å². The van der Waals surface area contributed by atoms with E-state index in [0.717, 1.165) is 48.4 Å². The lowest BCUT2D eigenvalue weighted by atomic mass is 10.2. The van der Waals surface area contributed by atoms with Crippen LogP contribution in [0.2, 0.25) is 5.02 Å². The van der Waals surface area contributed by atoms with Crippen LogP contribution in [0.15, 0.2) is 30.5 Å². The molecule has 1 amide bonds. The Balaban J connectivity index is 1.50. The number of benzene rings is 1. The molecule has 0 aliphatic carbocycles. The van der Waals surface area contributed by atoms with Crippen molar-refractivity contribution in [1.29, 1.82) is 0 Å². The number of aromatic nitrogens is 1. The minimum atomic E-state index is 0.273. The van der Waals surface area contributed by atoms with Gasteiger partial charge in [0.1, 0.15) is 0 Å². The molecule has 1 aliphatic rings. The van der Waals surface area contributed by atoms with Crippen LogP contribution in [0.25, 0.3) is 10.9 Å². The molecule has 22 heavy (non-hydrogen) atoms. The number of amides is 1. The highest BCUT2D eigenvalue weighted by molar-refractivity contribution is 8.00. The molecule has 1 aromatic carbocycles. The second kappa shape index (κ2) is 7.20. The van der Waals surface area contributed by atoms with E-state index in [1.165, 1.54) is 0 Å². The maximum atomic E-state index is 11.5. The van der Waals surface area contributed by atoms with Crippen molar-refractivity contribution in [3.05, 3.63) is 35.5 Å². The molecule has 0 unspecified atom stereocenters. The SMILES string of the molecule is O=C1CSCN1CCCCNc1ccnc2cc(Cl)ccc12. The molecule has 3 rings (SSSR count). The molecule has 0 saturated carbocycles. The first-order valence-corrected chi connectivity index (χ1v) is 8.91. The Bertz CT molecular complexity index is 679. The number of halogens is 1. The molecule has 0 spiro atoms. The first-order valence-electron chi connectivity index (χ1n) is 7.38. The first kappa shape index (κ1) is 15.4. The average Bonchev–Trinajstić information content (AvgIpc) is 2.92. The quantitative estimate of drug-likeness (QED) is 0.819. The fourth-order valence-electron chi connectivity index (χ4n) is 2.52. The zero-order valence-electron chi connectivity index (χ0n) is 12.2. The molecule has 116 valence electrons. The zero-order chi connectivity index (χ0) is 15.4. The average molecular weight is 336 g/mol. The van der Waals surface area contributed by atoms with Crippen molar-refractivity contribution in [3.63, 3.8) is 0 Å². The number of hydrogen-bond acceptors (Lipinski definition) is 4. The van der Waals surface area contributed by atoms with Crippen LogP contribution < -0.4 is 5.32 Å². The van der Waals surface area contributed by atoms with E-state index in [9.17, 15) is 4.79 Å². The van der Waals surface area contributed by atoms with Crippen molar-refractivity contribution in [3.8, 4) is 0 Å². The lowest BCUT2D eigenvalue weighted by Crippen LogP contribution is -2.26. The predicted molar refractivity (Wildman–Crippen MR) is 93.5 cm³/mol. The van der Waals surface area contributed by atoms with Crippen molar-refractivity contribution in [2.45, 2.75) is 12.8 Å². The van der Waals surface area contributed by atoms with Gasteiger partial charge in [-0.15, -0.1) is 11.8 Å². The fourth-order valence-corrected chi connectivity index (χ4v) is 3.63. The van der Waals surface area contributed by atoms with Crippen LogP contribution in [0, 0.1) is 0 Å². The largest absolute Gasteiger partial charge is 0.384 e. The number of carbonyl (C=O) groups excluding carboxylic acids is 1. The molecule has 1 aliphatic heterocycles. The number of thioether (sulfide) groups is 1. The van der Waals surface area contributed by atoms with Crippen LogP contribution >= 0.6 is 23.4 Å². The van der Waals surface area contributed by atoms with Gasteiger partial charge in [-0.05, 0) is 37.1 Å². The first-order chi connectivity index (χ1) is 10.7. The molecule has 1 aromatic heterocycles. The molecular weight excluding hydrogens is 318 g/mol. The van der Waals surface area contributed by atoms with E-state index >= 15 is 0 Å². The Morgan fingerprint density at radius 3 is 3.05 bits per heavy atom. The van der Waals surface area contributed by atoms with E-state index in [2.05, 4.69) is 10.3 Å². The van der Waals surface area contributed by atoms with E-state index in [1.54, 1.807) is 18.0 Å². The van der Waals surface area contributed by atoms with Gasteiger partial charge in [0.15, 0.2) is 0 Å². The maximum absolute atomic E-state index is 11.5. The van der Waals surface area contributed by atoms with Crippen LogP contribution in [0.3, 0.4) is 0 Å². The lowest BCUT2D eigenvalue weighted by Gasteiger charge is -2.14. The van der Waals surface area contributed by atoms with Gasteiger partial charge in [-0.1, -0.05) is 11.6 Å². The van der Waals surface area contributed by atoms with Gasteiger partial charge >= 0.3 is 0 Å². The Morgan fingerprint density at radius 1 is 1.32 bits per heavy atom. The molecule has 0 bridgehead atoms. The highest BCUT2D eigenvalue weighted by Crippen LogP contribution is 2.24. The Labute approximate surface area is 139 Å². The third-order valence-electron chi connectivity index (χ3n) is 3.70. The smallest absolute Gasteiger partial charge is 0.233 e. The second-order valence-corrected chi connectivity index (χ2v) is 6.68. The van der Waals surface area contributed by atoms with Gasteiger partial charge in [0, 0.05) is 35.4 Å². The van der Waals surface area contributed by atoms with E-state index in [1.807, 2.05) is 29.2 Å². The normalized spacial score (nSPS) is 14.8. The summed E-state index contributed by atoms with van der Waals surface area (Å²) in [5.74, 6) is 1.77. The third kappa shape index (κ3) is 3.65. The highest BCUT2D eigenvalue weighted by Gasteiger charge is 2.19. The molecule has 2 aromatic rings. The Morgan fingerprint density at radius 2 is 2.23 bits per heavy atom. The van der Waals surface area contributed by atoms with E-state index < -0.39 is 0 Å². The second-order valence-electron chi connectivity index (χ2n) is 5.29. The topological polar surface area (TPSA) is 45.2 Å². The number of carbonyl (C=O) groups is 1. The number of nitrogens with zero attached hydrogens (tertiary/aromatic N) is 2. The summed E-state index contributed by atoms with van der Waals surface area (Å²) in [6.07, 6.45) is 3.85. The summed E-state index contributed by atoms with van der Waals surface area (Å²) in [4.78, 5) is 17.8. The monoisotopic (exact) mass is 335 g/mol. The summed E-state index contributed by atoms with van der Waals surface area (Å²) in [5.41, 5.74) is 1.98. The van der Waals surface area contributed by atoms with Crippen molar-refractivity contribution >= 4 is 45.9 Å². The van der Waals surface area contributed by atoms with Gasteiger partial charge in [-0.25, -0.2) is 0 Å². The Hall–Kier alpha value is -1.46. The standard InChI is InChI=1S/C16H18ClN3OS/c17-12-3-4-13-14(5-7-19-15(13)9-12)18-6-1-2-8-20-11-22-10-16(20)21/h3-5,7,9H,1-2,6,8,10-11H2,(H,18,19). The molecular formula is C16H18ClN3OS. The fraction of sp³-hybridized carbons (Fsp3) is 0.375. The summed E-state index contributed by atoms with van der Waals surface area (Å²) in [6.45, 7) is 1.75. The van der Waals surface area contributed by atoms with Crippen LogP contribution in [0.5, 0.6) is 0 Å². The number of pyridine rings is 1. The van der Waals surface area contributed by atoms with Crippen molar-refractivity contribution in [2.24, 2.45) is 0 Å². The summed E-state index contributed by atoms with van der Waals surface area (Å²) in [6, 6.07) is 7.73. The Kier molecular flexibility index (Phi) is 5.05. The summed E-state index contributed by atoms with van der Waals surface area (Å²) in [7, 11) is 0. The minimum Gasteiger partial charge on any atom is -0.384 e. The number of anilines is 1. The summed E-state index contributed by atoms with van der Waals surface area (Å²) >= 11 is 7.69. The summed E-state index contributed by atoms with van der Waals surface area (Å²) < 4.78 is 0. The molecule has 1 saturated heterocycles. The molecule has 4 nitrogen and oxygen atoms in total. The van der Waals surface area contributed by atoms with Crippen LogP contribution in [-0.4, -0.2) is 40.5 Å². The van der Waals surface area contributed by atoms with Gasteiger partial charge in [-0.2, -0.15) is 0 Å². The number of rotatable bonds is 6. The van der Waals surface area contributed by atoms with Crippen molar-refractivity contribution in [1.82, 2.24) is 9.88 Å². The zero-order valence-corrected chi connectivity index (χ0v) is 13.8. The van der Waals surface area contributed by atoms with Crippen LogP contribution in [0.4, 0.5) is 5.69 Å². The van der Waals surface area contributed by atoms with Gasteiger partial charge in [-0.3, -0.25) is 9.78 Å². The van der Waals surface area contributed by atoms with E-state index in [-0.39, 0.29) is 5.91 Å². The number of nitrogens with one attached hydrogen (secondary N) is 1. The number of fused-ring (bicyclic) bond motifs is 1. The third-order valence-corrected chi connectivity index (χ3v) is 4.88. The molecule has 2 heterocycles. The lowest BCUT2D eigenvalue weighted by molar-refractivity contribution is -0.126. The predicted octanol–water partition coefficient (Wildman–Crippen LogP) is 3.61. The van der Waals surface area contributed by atoms with Gasteiger partial charge in [0.25, 0.3) is 0 Å². The maximum Gasteiger partial charge on any atom is 0.233 e. The molecule has 1 fully saturated rings. The van der Waals surface area contributed by atoms with E-state index in [0.29, 0.717) is 10.8 Å². The number of unbranched alkanes of at least 4 members (excludes halogenated alkanes) is 1. The molecule has 1 N–H and O–H groups in total.